The summed E-state index contributed by atoms with van der Waals surface area (Å²) in [6.07, 6.45) is 0.819. The zero-order valence-electron chi connectivity index (χ0n) is 15.0. The molecule has 0 spiro atoms. The van der Waals surface area contributed by atoms with Gasteiger partial charge in [0.05, 0.1) is 16.3 Å². The van der Waals surface area contributed by atoms with Crippen LogP contribution in [-0.4, -0.2) is 29.9 Å². The molecule has 1 amide bonds. The molecule has 0 aliphatic rings. The van der Waals surface area contributed by atoms with Gasteiger partial charge in [0.2, 0.25) is 0 Å². The lowest BCUT2D eigenvalue weighted by atomic mass is 10.1. The molecule has 0 saturated carbocycles. The summed E-state index contributed by atoms with van der Waals surface area (Å²) in [5.41, 5.74) is 8.44. The van der Waals surface area contributed by atoms with Crippen molar-refractivity contribution >= 4 is 29.2 Å². The molecule has 0 heterocycles. The maximum Gasteiger partial charge on any atom is 0.338 e. The number of anilines is 1. The quantitative estimate of drug-likeness (QED) is 0.590. The van der Waals surface area contributed by atoms with Crippen LogP contribution in [0.4, 0.5) is 5.69 Å². The van der Waals surface area contributed by atoms with Crippen molar-refractivity contribution in [2.45, 2.75) is 26.8 Å². The third-order valence-electron chi connectivity index (χ3n) is 3.90. The van der Waals surface area contributed by atoms with Crippen LogP contribution in [0.3, 0.4) is 0 Å². The second-order valence-corrected chi connectivity index (χ2v) is 6.52. The third kappa shape index (κ3) is 5.49. The number of esters is 1. The van der Waals surface area contributed by atoms with Crippen molar-refractivity contribution in [1.82, 2.24) is 4.90 Å². The molecule has 26 heavy (non-hydrogen) atoms. The fraction of sp³-hybridized carbons (Fsp3) is 0.300. The first-order valence-electron chi connectivity index (χ1n) is 8.46. The Kier molecular flexibility index (Phi) is 7.04. The number of aryl methyl sites for hydroxylation is 1. The van der Waals surface area contributed by atoms with Crippen LogP contribution in [-0.2, 0) is 16.1 Å². The maximum absolute atomic E-state index is 12.5. The normalized spacial score (nSPS) is 10.4. The zero-order chi connectivity index (χ0) is 19.1. The minimum Gasteiger partial charge on any atom is -0.452 e. The molecule has 0 fully saturated rings. The van der Waals surface area contributed by atoms with Crippen molar-refractivity contribution in [1.29, 1.82) is 0 Å². The number of ether oxygens (including phenoxy) is 1. The summed E-state index contributed by atoms with van der Waals surface area (Å²) in [6, 6.07) is 12.5. The first-order chi connectivity index (χ1) is 12.4. The molecular weight excluding hydrogens is 352 g/mol. The van der Waals surface area contributed by atoms with E-state index in [-0.39, 0.29) is 18.1 Å². The van der Waals surface area contributed by atoms with Gasteiger partial charge in [0, 0.05) is 13.1 Å². The summed E-state index contributed by atoms with van der Waals surface area (Å²) < 4.78 is 5.14. The number of nitrogens with two attached hydrogens (primary N) is 1. The molecule has 0 atom stereocenters. The predicted molar refractivity (Wildman–Crippen MR) is 103 cm³/mol. The number of carbonyl (C=O) groups excluding carboxylic acids is 2. The molecule has 6 heteroatoms. The van der Waals surface area contributed by atoms with Crippen LogP contribution in [0.15, 0.2) is 42.5 Å². The molecule has 0 aliphatic carbocycles. The summed E-state index contributed by atoms with van der Waals surface area (Å²) in [6.45, 7) is 4.78. The minimum atomic E-state index is -0.603. The number of carbonyl (C=O) groups is 2. The molecule has 0 aliphatic heterocycles. The molecule has 0 aromatic heterocycles. The molecule has 0 saturated heterocycles. The minimum absolute atomic E-state index is 0.234. The zero-order valence-corrected chi connectivity index (χ0v) is 15.8. The second-order valence-electron chi connectivity index (χ2n) is 6.11. The summed E-state index contributed by atoms with van der Waals surface area (Å²) in [7, 11) is 0. The number of nitrogen functional groups attached to an aromatic ring is 1. The van der Waals surface area contributed by atoms with Crippen LogP contribution in [0.1, 0.15) is 34.8 Å². The summed E-state index contributed by atoms with van der Waals surface area (Å²) in [5.74, 6) is -0.837. The van der Waals surface area contributed by atoms with Crippen molar-refractivity contribution < 1.29 is 14.3 Å². The Morgan fingerprint density at radius 3 is 2.46 bits per heavy atom. The molecule has 2 aromatic rings. The topological polar surface area (TPSA) is 72.6 Å². The van der Waals surface area contributed by atoms with Gasteiger partial charge in [-0.3, -0.25) is 4.79 Å². The van der Waals surface area contributed by atoms with E-state index in [1.807, 2.05) is 38.1 Å². The largest absolute Gasteiger partial charge is 0.452 e. The Labute approximate surface area is 158 Å². The monoisotopic (exact) mass is 374 g/mol. The van der Waals surface area contributed by atoms with Crippen molar-refractivity contribution in [2.75, 3.05) is 18.9 Å². The van der Waals surface area contributed by atoms with Crippen molar-refractivity contribution in [3.63, 3.8) is 0 Å². The van der Waals surface area contributed by atoms with Gasteiger partial charge >= 0.3 is 5.97 Å². The van der Waals surface area contributed by atoms with E-state index in [1.54, 1.807) is 4.90 Å². The SMILES string of the molecule is CCCN(Cc1ccc(C)cc1)C(=O)COC(=O)c1ccc(Cl)c(N)c1. The summed E-state index contributed by atoms with van der Waals surface area (Å²) in [4.78, 5) is 26.3. The number of hydrogen-bond donors (Lipinski definition) is 1. The summed E-state index contributed by atoms with van der Waals surface area (Å²) in [5, 5.41) is 0.366. The van der Waals surface area contributed by atoms with E-state index < -0.39 is 5.97 Å². The van der Waals surface area contributed by atoms with Gasteiger partial charge < -0.3 is 15.4 Å². The molecule has 0 radical (unpaired) electrons. The maximum atomic E-state index is 12.5. The number of nitrogens with zero attached hydrogens (tertiary/aromatic N) is 1. The van der Waals surface area contributed by atoms with Gasteiger partial charge in [-0.2, -0.15) is 0 Å². The molecular formula is C20H23ClN2O3. The molecule has 2 aromatic carbocycles. The van der Waals surface area contributed by atoms with E-state index in [0.29, 0.717) is 23.8 Å². The Hall–Kier alpha value is -2.53. The van der Waals surface area contributed by atoms with E-state index >= 15 is 0 Å². The van der Waals surface area contributed by atoms with Gasteiger partial charge in [0.15, 0.2) is 6.61 Å². The number of amides is 1. The van der Waals surface area contributed by atoms with Crippen LogP contribution in [0.25, 0.3) is 0 Å². The molecule has 138 valence electrons. The van der Waals surface area contributed by atoms with Crippen LogP contribution < -0.4 is 5.73 Å². The Bertz CT molecular complexity index is 775. The fourth-order valence-corrected chi connectivity index (χ4v) is 2.57. The fourth-order valence-electron chi connectivity index (χ4n) is 2.45. The van der Waals surface area contributed by atoms with Crippen LogP contribution in [0.5, 0.6) is 0 Å². The van der Waals surface area contributed by atoms with E-state index in [9.17, 15) is 9.59 Å². The van der Waals surface area contributed by atoms with E-state index in [0.717, 1.165) is 12.0 Å². The first kappa shape index (κ1) is 19.8. The predicted octanol–water partition coefficient (Wildman–Crippen LogP) is 3.83. The lowest BCUT2D eigenvalue weighted by Crippen LogP contribution is -2.34. The molecule has 2 rings (SSSR count). The third-order valence-corrected chi connectivity index (χ3v) is 4.24. The van der Waals surface area contributed by atoms with Gasteiger partial charge in [-0.25, -0.2) is 4.79 Å². The Balaban J connectivity index is 1.96. The smallest absolute Gasteiger partial charge is 0.338 e. The highest BCUT2D eigenvalue weighted by Crippen LogP contribution is 2.20. The second kappa shape index (κ2) is 9.25. The lowest BCUT2D eigenvalue weighted by Gasteiger charge is -2.22. The van der Waals surface area contributed by atoms with Crippen LogP contribution in [0, 0.1) is 6.92 Å². The first-order valence-corrected chi connectivity index (χ1v) is 8.84. The Morgan fingerprint density at radius 1 is 1.15 bits per heavy atom. The average molecular weight is 375 g/mol. The molecule has 2 N–H and O–H groups in total. The highest BCUT2D eigenvalue weighted by molar-refractivity contribution is 6.33. The van der Waals surface area contributed by atoms with Gasteiger partial charge in [-0.05, 0) is 37.1 Å². The van der Waals surface area contributed by atoms with E-state index in [1.165, 1.54) is 23.8 Å². The molecule has 0 unspecified atom stereocenters. The van der Waals surface area contributed by atoms with Crippen molar-refractivity contribution in [3.05, 3.63) is 64.2 Å². The van der Waals surface area contributed by atoms with Crippen LogP contribution in [0.2, 0.25) is 5.02 Å². The van der Waals surface area contributed by atoms with Gasteiger partial charge in [0.25, 0.3) is 5.91 Å². The lowest BCUT2D eigenvalue weighted by molar-refractivity contribution is -0.135. The van der Waals surface area contributed by atoms with Crippen LogP contribution >= 0.6 is 11.6 Å². The van der Waals surface area contributed by atoms with Crippen molar-refractivity contribution in [3.8, 4) is 0 Å². The van der Waals surface area contributed by atoms with Gasteiger partial charge in [-0.1, -0.05) is 48.4 Å². The molecule has 0 bridgehead atoms. The van der Waals surface area contributed by atoms with Gasteiger partial charge in [-0.15, -0.1) is 0 Å². The van der Waals surface area contributed by atoms with E-state index in [2.05, 4.69) is 0 Å². The Morgan fingerprint density at radius 2 is 1.85 bits per heavy atom. The van der Waals surface area contributed by atoms with Crippen molar-refractivity contribution in [2.24, 2.45) is 0 Å². The molecule has 5 nitrogen and oxygen atoms in total. The average Bonchev–Trinajstić information content (AvgIpc) is 2.63. The number of benzene rings is 2. The summed E-state index contributed by atoms with van der Waals surface area (Å²) >= 11 is 5.84. The highest BCUT2D eigenvalue weighted by atomic mass is 35.5. The number of rotatable bonds is 7. The number of hydrogen-bond acceptors (Lipinski definition) is 4. The van der Waals surface area contributed by atoms with E-state index in [4.69, 9.17) is 22.1 Å². The standard InChI is InChI=1S/C20H23ClN2O3/c1-3-10-23(12-15-6-4-14(2)5-7-15)19(24)13-26-20(25)16-8-9-17(21)18(22)11-16/h4-9,11H,3,10,12-13,22H2,1-2H3. The number of halogens is 1. The van der Waals surface area contributed by atoms with Gasteiger partial charge in [0.1, 0.15) is 0 Å². The highest BCUT2D eigenvalue weighted by Gasteiger charge is 2.17.